The van der Waals surface area contributed by atoms with E-state index in [0.29, 0.717) is 12.1 Å². The second kappa shape index (κ2) is 5.23. The number of hydrogen-bond donors (Lipinski definition) is 1. The van der Waals surface area contributed by atoms with Gasteiger partial charge in [0.2, 0.25) is 0 Å². The molecule has 1 aromatic carbocycles. The van der Waals surface area contributed by atoms with Crippen LogP contribution in [0.4, 0.5) is 14.5 Å². The van der Waals surface area contributed by atoms with Gasteiger partial charge in [0.1, 0.15) is 11.6 Å². The first-order chi connectivity index (χ1) is 8.13. The molecule has 17 heavy (non-hydrogen) atoms. The molecule has 0 saturated heterocycles. The van der Waals surface area contributed by atoms with Crippen LogP contribution in [-0.2, 0) is 6.54 Å². The zero-order valence-electron chi connectivity index (χ0n) is 8.75. The minimum absolute atomic E-state index is 0.340. The predicted octanol–water partition coefficient (Wildman–Crippen LogP) is 3.73. The van der Waals surface area contributed by atoms with Gasteiger partial charge in [-0.25, -0.2) is 8.78 Å². The largest absolute Gasteiger partial charge is 0.380 e. The van der Waals surface area contributed by atoms with Crippen molar-refractivity contribution < 1.29 is 8.78 Å². The molecule has 0 aliphatic heterocycles. The standard InChI is InChI=1S/C12H9BrF2N2/c13-9-3-12(7-16-6-9)17-5-8-1-10(14)4-11(15)2-8/h1-4,6-7,17H,5H2. The summed E-state index contributed by atoms with van der Waals surface area (Å²) in [6.07, 6.45) is 3.30. The van der Waals surface area contributed by atoms with E-state index in [9.17, 15) is 8.78 Å². The van der Waals surface area contributed by atoms with Gasteiger partial charge in [-0.1, -0.05) is 0 Å². The highest BCUT2D eigenvalue weighted by Crippen LogP contribution is 2.15. The van der Waals surface area contributed by atoms with Crippen molar-refractivity contribution in [1.82, 2.24) is 4.98 Å². The Kier molecular flexibility index (Phi) is 3.68. The van der Waals surface area contributed by atoms with Crippen LogP contribution in [0.3, 0.4) is 0 Å². The van der Waals surface area contributed by atoms with Crippen LogP contribution < -0.4 is 5.32 Å². The number of rotatable bonds is 3. The van der Waals surface area contributed by atoms with Crippen LogP contribution in [0.15, 0.2) is 41.1 Å². The molecule has 0 atom stereocenters. The Morgan fingerprint density at radius 1 is 1.06 bits per heavy atom. The van der Waals surface area contributed by atoms with Crippen molar-refractivity contribution in [3.8, 4) is 0 Å². The average Bonchev–Trinajstić information content (AvgIpc) is 2.25. The van der Waals surface area contributed by atoms with Crippen molar-refractivity contribution in [2.75, 3.05) is 5.32 Å². The fourth-order valence-electron chi connectivity index (χ4n) is 1.43. The molecule has 0 bridgehead atoms. The lowest BCUT2D eigenvalue weighted by atomic mass is 10.2. The van der Waals surface area contributed by atoms with E-state index in [-0.39, 0.29) is 0 Å². The van der Waals surface area contributed by atoms with E-state index in [1.54, 1.807) is 12.4 Å². The molecule has 1 N–H and O–H groups in total. The highest BCUT2D eigenvalue weighted by Gasteiger charge is 2.01. The van der Waals surface area contributed by atoms with E-state index >= 15 is 0 Å². The van der Waals surface area contributed by atoms with Gasteiger partial charge in [0.25, 0.3) is 0 Å². The molecule has 0 unspecified atom stereocenters. The quantitative estimate of drug-likeness (QED) is 0.934. The second-order valence-corrected chi connectivity index (χ2v) is 4.44. The molecule has 0 amide bonds. The normalized spacial score (nSPS) is 10.3. The zero-order valence-corrected chi connectivity index (χ0v) is 10.3. The van der Waals surface area contributed by atoms with Gasteiger partial charge in [0.15, 0.2) is 0 Å². The van der Waals surface area contributed by atoms with Crippen LogP contribution in [0.25, 0.3) is 0 Å². The lowest BCUT2D eigenvalue weighted by Gasteiger charge is -2.06. The maximum Gasteiger partial charge on any atom is 0.126 e. The molecule has 2 nitrogen and oxygen atoms in total. The van der Waals surface area contributed by atoms with Crippen LogP contribution >= 0.6 is 15.9 Å². The van der Waals surface area contributed by atoms with Crippen LogP contribution in [0.1, 0.15) is 5.56 Å². The summed E-state index contributed by atoms with van der Waals surface area (Å²) in [4.78, 5) is 3.97. The summed E-state index contributed by atoms with van der Waals surface area (Å²) in [6, 6.07) is 5.27. The van der Waals surface area contributed by atoms with Crippen LogP contribution in [0, 0.1) is 11.6 Å². The smallest absolute Gasteiger partial charge is 0.126 e. The van der Waals surface area contributed by atoms with Gasteiger partial charge in [-0.2, -0.15) is 0 Å². The molecule has 0 spiro atoms. The number of nitrogens with one attached hydrogen (secondary N) is 1. The van der Waals surface area contributed by atoms with Crippen molar-refractivity contribution in [3.05, 3.63) is 58.3 Å². The topological polar surface area (TPSA) is 24.9 Å². The molecule has 0 fully saturated rings. The lowest BCUT2D eigenvalue weighted by Crippen LogP contribution is -2.00. The van der Waals surface area contributed by atoms with Gasteiger partial charge in [-0.05, 0) is 39.7 Å². The third-order valence-electron chi connectivity index (χ3n) is 2.12. The van der Waals surface area contributed by atoms with Crippen molar-refractivity contribution in [3.63, 3.8) is 0 Å². The minimum atomic E-state index is -0.575. The first-order valence-electron chi connectivity index (χ1n) is 4.93. The number of halogens is 3. The number of nitrogens with zero attached hydrogens (tertiary/aromatic N) is 1. The predicted molar refractivity (Wildman–Crippen MR) is 65.6 cm³/mol. The summed E-state index contributed by atoms with van der Waals surface area (Å²) < 4.78 is 26.7. The van der Waals surface area contributed by atoms with Gasteiger partial charge in [0.05, 0.1) is 11.9 Å². The van der Waals surface area contributed by atoms with Crippen molar-refractivity contribution in [1.29, 1.82) is 0 Å². The number of hydrogen-bond acceptors (Lipinski definition) is 2. The fraction of sp³-hybridized carbons (Fsp3) is 0.0833. The SMILES string of the molecule is Fc1cc(F)cc(CNc2cncc(Br)c2)c1. The Morgan fingerprint density at radius 3 is 2.41 bits per heavy atom. The van der Waals surface area contributed by atoms with E-state index in [4.69, 9.17) is 0 Å². The summed E-state index contributed by atoms with van der Waals surface area (Å²) in [7, 11) is 0. The van der Waals surface area contributed by atoms with Gasteiger partial charge in [0, 0.05) is 23.3 Å². The second-order valence-electron chi connectivity index (χ2n) is 3.52. The maximum atomic E-state index is 12.9. The molecule has 2 rings (SSSR count). The van der Waals surface area contributed by atoms with Crippen molar-refractivity contribution >= 4 is 21.6 Å². The molecule has 1 aromatic heterocycles. The lowest BCUT2D eigenvalue weighted by molar-refractivity contribution is 0.580. The Morgan fingerprint density at radius 2 is 1.76 bits per heavy atom. The number of benzene rings is 1. The van der Waals surface area contributed by atoms with Crippen LogP contribution in [0.2, 0.25) is 0 Å². The zero-order chi connectivity index (χ0) is 12.3. The molecule has 1 heterocycles. The minimum Gasteiger partial charge on any atom is -0.380 e. The summed E-state index contributed by atoms with van der Waals surface area (Å²) in [5.41, 5.74) is 1.33. The van der Waals surface area contributed by atoms with E-state index in [1.807, 2.05) is 6.07 Å². The summed E-state index contributed by atoms with van der Waals surface area (Å²) in [6.45, 7) is 0.340. The molecule has 0 saturated carbocycles. The number of pyridine rings is 1. The van der Waals surface area contributed by atoms with E-state index in [1.165, 1.54) is 12.1 Å². The fourth-order valence-corrected chi connectivity index (χ4v) is 1.79. The first kappa shape index (κ1) is 12.0. The summed E-state index contributed by atoms with van der Waals surface area (Å²) >= 11 is 3.29. The average molecular weight is 299 g/mol. The van der Waals surface area contributed by atoms with Gasteiger partial charge < -0.3 is 5.32 Å². The van der Waals surface area contributed by atoms with E-state index in [2.05, 4.69) is 26.2 Å². The van der Waals surface area contributed by atoms with Crippen molar-refractivity contribution in [2.24, 2.45) is 0 Å². The Hall–Kier alpha value is -1.49. The molecule has 0 aliphatic rings. The molecule has 5 heteroatoms. The van der Waals surface area contributed by atoms with E-state index in [0.717, 1.165) is 16.2 Å². The number of aromatic nitrogens is 1. The molecule has 0 radical (unpaired) electrons. The van der Waals surface area contributed by atoms with Crippen molar-refractivity contribution in [2.45, 2.75) is 6.54 Å². The van der Waals surface area contributed by atoms with Gasteiger partial charge >= 0.3 is 0 Å². The maximum absolute atomic E-state index is 12.9. The highest BCUT2D eigenvalue weighted by molar-refractivity contribution is 9.10. The Bertz CT molecular complexity index is 511. The highest BCUT2D eigenvalue weighted by atomic mass is 79.9. The van der Waals surface area contributed by atoms with E-state index < -0.39 is 11.6 Å². The molecular formula is C12H9BrF2N2. The number of anilines is 1. The Balaban J connectivity index is 2.07. The monoisotopic (exact) mass is 298 g/mol. The van der Waals surface area contributed by atoms with Gasteiger partial charge in [-0.15, -0.1) is 0 Å². The summed E-state index contributed by atoms with van der Waals surface area (Å²) in [5, 5.41) is 3.03. The molecule has 88 valence electrons. The molecule has 0 aliphatic carbocycles. The van der Waals surface area contributed by atoms with Crippen LogP contribution in [-0.4, -0.2) is 4.98 Å². The third kappa shape index (κ3) is 3.49. The Labute approximate surface area is 106 Å². The molecular weight excluding hydrogens is 290 g/mol. The van der Waals surface area contributed by atoms with Gasteiger partial charge in [-0.3, -0.25) is 4.98 Å². The molecule has 2 aromatic rings. The third-order valence-corrected chi connectivity index (χ3v) is 2.56. The first-order valence-corrected chi connectivity index (χ1v) is 5.72. The summed E-state index contributed by atoms with van der Waals surface area (Å²) in [5.74, 6) is -1.15. The van der Waals surface area contributed by atoms with Crippen LogP contribution in [0.5, 0.6) is 0 Å².